The summed E-state index contributed by atoms with van der Waals surface area (Å²) in [6.07, 6.45) is 1.63. The number of ether oxygens (including phenoxy) is 2. The van der Waals surface area contributed by atoms with Gasteiger partial charge in [0.25, 0.3) is 5.56 Å². The van der Waals surface area contributed by atoms with E-state index in [0.717, 1.165) is 5.69 Å². The molecule has 0 atom stereocenters. The van der Waals surface area contributed by atoms with Crippen molar-refractivity contribution in [2.45, 2.75) is 13.8 Å². The smallest absolute Gasteiger partial charge is 0.251 e. The SMILES string of the molecule is CCOc1ccc(-n2ccc(=O)[nH]c2=S)cc1OCC. The lowest BCUT2D eigenvalue weighted by Gasteiger charge is -2.13. The Balaban J connectivity index is 2.49. The van der Waals surface area contributed by atoms with Crippen molar-refractivity contribution in [1.29, 1.82) is 0 Å². The van der Waals surface area contributed by atoms with Gasteiger partial charge in [0.1, 0.15) is 0 Å². The minimum Gasteiger partial charge on any atom is -0.490 e. The van der Waals surface area contributed by atoms with E-state index in [1.165, 1.54) is 6.07 Å². The minimum atomic E-state index is -0.220. The Bertz CT molecular complexity index is 706. The summed E-state index contributed by atoms with van der Waals surface area (Å²) in [5, 5.41) is 0. The Labute approximate surface area is 121 Å². The van der Waals surface area contributed by atoms with E-state index in [9.17, 15) is 4.79 Å². The van der Waals surface area contributed by atoms with E-state index in [1.807, 2.05) is 32.0 Å². The van der Waals surface area contributed by atoms with Gasteiger partial charge in [-0.15, -0.1) is 0 Å². The molecule has 6 heteroatoms. The van der Waals surface area contributed by atoms with Crippen LogP contribution in [0.25, 0.3) is 5.69 Å². The van der Waals surface area contributed by atoms with Crippen LogP contribution in [-0.4, -0.2) is 22.8 Å². The highest BCUT2D eigenvalue weighted by Crippen LogP contribution is 2.29. The number of aromatic amines is 1. The van der Waals surface area contributed by atoms with E-state index in [-0.39, 0.29) is 5.56 Å². The summed E-state index contributed by atoms with van der Waals surface area (Å²) in [7, 11) is 0. The summed E-state index contributed by atoms with van der Waals surface area (Å²) in [6.45, 7) is 4.94. The van der Waals surface area contributed by atoms with Crippen LogP contribution in [0.1, 0.15) is 13.8 Å². The highest BCUT2D eigenvalue weighted by molar-refractivity contribution is 7.71. The summed E-state index contributed by atoms with van der Waals surface area (Å²) in [5.41, 5.74) is 0.584. The van der Waals surface area contributed by atoms with Crippen molar-refractivity contribution in [2.75, 3.05) is 13.2 Å². The zero-order chi connectivity index (χ0) is 14.5. The number of benzene rings is 1. The van der Waals surface area contributed by atoms with Gasteiger partial charge in [-0.1, -0.05) is 0 Å². The Morgan fingerprint density at radius 3 is 2.50 bits per heavy atom. The third-order valence-corrected chi connectivity index (χ3v) is 2.93. The second-order valence-corrected chi connectivity index (χ2v) is 4.36. The maximum atomic E-state index is 11.2. The molecule has 0 aliphatic rings. The first kappa shape index (κ1) is 14.3. The molecular weight excluding hydrogens is 276 g/mol. The van der Waals surface area contributed by atoms with E-state index in [1.54, 1.807) is 10.8 Å². The summed E-state index contributed by atoms with van der Waals surface area (Å²) in [5.74, 6) is 1.34. The summed E-state index contributed by atoms with van der Waals surface area (Å²) in [6, 6.07) is 6.95. The number of rotatable bonds is 5. The molecule has 1 N–H and O–H groups in total. The average molecular weight is 292 g/mol. The maximum absolute atomic E-state index is 11.2. The number of nitrogens with one attached hydrogen (secondary N) is 1. The zero-order valence-corrected chi connectivity index (χ0v) is 12.2. The van der Waals surface area contributed by atoms with Crippen molar-refractivity contribution >= 4 is 12.2 Å². The Morgan fingerprint density at radius 1 is 1.15 bits per heavy atom. The Kier molecular flexibility index (Phi) is 4.57. The molecule has 1 aromatic carbocycles. The number of nitrogens with zero attached hydrogens (tertiary/aromatic N) is 1. The first-order valence-electron chi connectivity index (χ1n) is 6.37. The lowest BCUT2D eigenvalue weighted by atomic mass is 10.2. The van der Waals surface area contributed by atoms with Crippen LogP contribution in [-0.2, 0) is 0 Å². The molecule has 5 nitrogen and oxygen atoms in total. The molecule has 0 bridgehead atoms. The lowest BCUT2D eigenvalue weighted by molar-refractivity contribution is 0.287. The highest BCUT2D eigenvalue weighted by Gasteiger charge is 2.07. The van der Waals surface area contributed by atoms with Crippen molar-refractivity contribution in [3.8, 4) is 17.2 Å². The van der Waals surface area contributed by atoms with Crippen LogP contribution in [0.5, 0.6) is 11.5 Å². The predicted octanol–water partition coefficient (Wildman–Crippen LogP) is 2.69. The van der Waals surface area contributed by atoms with Crippen molar-refractivity contribution in [3.63, 3.8) is 0 Å². The third-order valence-electron chi connectivity index (χ3n) is 2.63. The molecule has 2 aromatic rings. The molecule has 0 saturated heterocycles. The monoisotopic (exact) mass is 292 g/mol. The van der Waals surface area contributed by atoms with Gasteiger partial charge in [0.15, 0.2) is 16.3 Å². The molecule has 1 heterocycles. The highest BCUT2D eigenvalue weighted by atomic mass is 32.1. The molecular formula is C14H16N2O3S. The standard InChI is InChI=1S/C14H16N2O3S/c1-3-18-11-6-5-10(9-12(11)19-4-2)16-8-7-13(17)15-14(16)20/h5-9H,3-4H2,1-2H3,(H,15,17,20). The minimum absolute atomic E-state index is 0.220. The molecule has 0 radical (unpaired) electrons. The van der Waals surface area contributed by atoms with Crippen LogP contribution < -0.4 is 15.0 Å². The van der Waals surface area contributed by atoms with Gasteiger partial charge in [-0.05, 0) is 38.2 Å². The van der Waals surface area contributed by atoms with Gasteiger partial charge in [-0.3, -0.25) is 14.3 Å². The van der Waals surface area contributed by atoms with Gasteiger partial charge in [0, 0.05) is 18.3 Å². The molecule has 1 aromatic heterocycles. The van der Waals surface area contributed by atoms with Gasteiger partial charge < -0.3 is 9.47 Å². The second-order valence-electron chi connectivity index (χ2n) is 3.98. The third kappa shape index (κ3) is 3.08. The van der Waals surface area contributed by atoms with E-state index in [0.29, 0.717) is 29.5 Å². The molecule has 0 fully saturated rings. The molecule has 0 spiro atoms. The van der Waals surface area contributed by atoms with Crippen LogP contribution >= 0.6 is 12.2 Å². The summed E-state index contributed by atoms with van der Waals surface area (Å²) in [4.78, 5) is 13.8. The largest absolute Gasteiger partial charge is 0.490 e. The molecule has 0 aliphatic carbocycles. The van der Waals surface area contributed by atoms with Gasteiger partial charge in [0.2, 0.25) is 0 Å². The van der Waals surface area contributed by atoms with Crippen molar-refractivity contribution in [1.82, 2.24) is 9.55 Å². The van der Waals surface area contributed by atoms with Crippen molar-refractivity contribution in [3.05, 3.63) is 45.6 Å². The van der Waals surface area contributed by atoms with Gasteiger partial charge in [-0.2, -0.15) is 0 Å². The maximum Gasteiger partial charge on any atom is 0.251 e. The molecule has 0 amide bonds. The topological polar surface area (TPSA) is 56.2 Å². The molecule has 0 saturated carbocycles. The van der Waals surface area contributed by atoms with E-state index >= 15 is 0 Å². The van der Waals surface area contributed by atoms with Crippen LogP contribution in [0.4, 0.5) is 0 Å². The zero-order valence-electron chi connectivity index (χ0n) is 11.4. The predicted molar refractivity (Wildman–Crippen MR) is 79.6 cm³/mol. The molecule has 0 aliphatic heterocycles. The van der Waals surface area contributed by atoms with Crippen LogP contribution in [0.15, 0.2) is 35.3 Å². The molecule has 20 heavy (non-hydrogen) atoms. The molecule has 0 unspecified atom stereocenters. The Morgan fingerprint density at radius 2 is 1.85 bits per heavy atom. The van der Waals surface area contributed by atoms with E-state index in [4.69, 9.17) is 21.7 Å². The van der Waals surface area contributed by atoms with Crippen LogP contribution in [0, 0.1) is 4.77 Å². The first-order valence-corrected chi connectivity index (χ1v) is 6.78. The van der Waals surface area contributed by atoms with Crippen LogP contribution in [0.3, 0.4) is 0 Å². The van der Waals surface area contributed by atoms with Crippen LogP contribution in [0.2, 0.25) is 0 Å². The van der Waals surface area contributed by atoms with Gasteiger partial charge in [-0.25, -0.2) is 0 Å². The number of hydrogen-bond donors (Lipinski definition) is 1. The van der Waals surface area contributed by atoms with Gasteiger partial charge >= 0.3 is 0 Å². The van der Waals surface area contributed by atoms with Crippen molar-refractivity contribution in [2.24, 2.45) is 0 Å². The average Bonchev–Trinajstić information content (AvgIpc) is 2.41. The number of H-pyrrole nitrogens is 1. The fourth-order valence-electron chi connectivity index (χ4n) is 1.81. The van der Waals surface area contributed by atoms with Gasteiger partial charge in [0.05, 0.1) is 18.9 Å². The van der Waals surface area contributed by atoms with Crippen molar-refractivity contribution < 1.29 is 9.47 Å². The number of aromatic nitrogens is 2. The van der Waals surface area contributed by atoms with E-state index in [2.05, 4.69) is 4.98 Å². The Hall–Kier alpha value is -2.08. The summed E-state index contributed by atoms with van der Waals surface area (Å²) >= 11 is 5.15. The normalized spacial score (nSPS) is 10.3. The number of hydrogen-bond acceptors (Lipinski definition) is 4. The lowest BCUT2D eigenvalue weighted by Crippen LogP contribution is -2.10. The molecule has 2 rings (SSSR count). The quantitative estimate of drug-likeness (QED) is 0.861. The second kappa shape index (κ2) is 6.38. The first-order chi connectivity index (χ1) is 9.65. The molecule has 106 valence electrons. The fraction of sp³-hybridized carbons (Fsp3) is 0.286. The van der Waals surface area contributed by atoms with E-state index < -0.39 is 0 Å². The fourth-order valence-corrected chi connectivity index (χ4v) is 2.08. The summed E-state index contributed by atoms with van der Waals surface area (Å²) < 4.78 is 13.1.